The first-order valence-corrected chi connectivity index (χ1v) is 9.17. The van der Waals surface area contributed by atoms with Crippen molar-refractivity contribution >= 4 is 36.0 Å². The highest BCUT2D eigenvalue weighted by Gasteiger charge is 2.35. The fraction of sp³-hybridized carbons (Fsp3) is 0.562. The number of alkyl halides is 3. The normalized spacial score (nSPS) is 21.0. The van der Waals surface area contributed by atoms with E-state index in [4.69, 9.17) is 0 Å². The second-order valence-corrected chi connectivity index (χ2v) is 7.27. The zero-order valence-corrected chi connectivity index (χ0v) is 16.0. The van der Waals surface area contributed by atoms with Crippen molar-refractivity contribution in [1.82, 2.24) is 20.1 Å². The van der Waals surface area contributed by atoms with Gasteiger partial charge in [0.15, 0.2) is 0 Å². The Labute approximate surface area is 165 Å². The maximum Gasteiger partial charge on any atom is 0.447 e. The summed E-state index contributed by atoms with van der Waals surface area (Å²) in [5.74, 6) is -0.484. The van der Waals surface area contributed by atoms with Gasteiger partial charge in [-0.1, -0.05) is 0 Å². The fourth-order valence-electron chi connectivity index (χ4n) is 3.32. The summed E-state index contributed by atoms with van der Waals surface area (Å²) >= 11 is -0.382. The number of hydrogen-bond donors (Lipinski definition) is 1. The molecule has 3 heterocycles. The Morgan fingerprint density at radius 2 is 2.11 bits per heavy atom. The van der Waals surface area contributed by atoms with Crippen LogP contribution in [0.25, 0.3) is 0 Å². The van der Waals surface area contributed by atoms with E-state index in [0.717, 1.165) is 6.42 Å². The van der Waals surface area contributed by atoms with Crippen LogP contribution >= 0.6 is 24.2 Å². The molecule has 0 radical (unpaired) electrons. The number of halogens is 4. The Balaban J connectivity index is 0.00000261. The van der Waals surface area contributed by atoms with Crippen LogP contribution in [0.1, 0.15) is 23.2 Å². The molecule has 2 aliphatic heterocycles. The fourth-order valence-corrected chi connectivity index (χ4v) is 3.91. The quantitative estimate of drug-likeness (QED) is 0.753. The molecule has 2 amide bonds. The van der Waals surface area contributed by atoms with Crippen LogP contribution in [0.4, 0.5) is 13.2 Å². The SMILES string of the molecule is Cl.O=C(c1cccnc1SC(F)(F)F)N1CCCC(N2CCNCC2=O)C1. The van der Waals surface area contributed by atoms with E-state index in [-0.39, 0.29) is 53.3 Å². The van der Waals surface area contributed by atoms with E-state index in [0.29, 0.717) is 32.6 Å². The number of carbonyl (C=O) groups excluding carboxylic acids is 2. The van der Waals surface area contributed by atoms with Gasteiger partial charge in [0, 0.05) is 50.2 Å². The average Bonchev–Trinajstić information content (AvgIpc) is 2.61. The van der Waals surface area contributed by atoms with Crippen LogP contribution in [0.2, 0.25) is 0 Å². The van der Waals surface area contributed by atoms with Crippen LogP contribution in [0.5, 0.6) is 0 Å². The monoisotopic (exact) mass is 424 g/mol. The van der Waals surface area contributed by atoms with Gasteiger partial charge in [0.05, 0.1) is 12.1 Å². The van der Waals surface area contributed by atoms with E-state index in [2.05, 4.69) is 10.3 Å². The number of hydrogen-bond acceptors (Lipinski definition) is 5. The third kappa shape index (κ3) is 5.49. The van der Waals surface area contributed by atoms with E-state index in [1.165, 1.54) is 23.2 Å². The van der Waals surface area contributed by atoms with Crippen molar-refractivity contribution < 1.29 is 22.8 Å². The highest BCUT2D eigenvalue weighted by Crippen LogP contribution is 2.37. The number of nitrogens with one attached hydrogen (secondary N) is 1. The summed E-state index contributed by atoms with van der Waals surface area (Å²) in [6, 6.07) is 2.72. The van der Waals surface area contributed by atoms with E-state index in [1.54, 1.807) is 4.90 Å². The van der Waals surface area contributed by atoms with Gasteiger partial charge in [-0.2, -0.15) is 13.2 Å². The van der Waals surface area contributed by atoms with Crippen LogP contribution in [0, 0.1) is 0 Å². The highest BCUT2D eigenvalue weighted by molar-refractivity contribution is 8.00. The molecule has 1 unspecified atom stereocenters. The zero-order chi connectivity index (χ0) is 18.7. The maximum atomic E-state index is 12.8. The number of piperidine rings is 1. The molecule has 2 fully saturated rings. The maximum absolute atomic E-state index is 12.8. The average molecular weight is 425 g/mol. The van der Waals surface area contributed by atoms with Crippen molar-refractivity contribution in [2.24, 2.45) is 0 Å². The van der Waals surface area contributed by atoms with Crippen molar-refractivity contribution in [2.45, 2.75) is 29.4 Å². The Kier molecular flexibility index (Phi) is 7.35. The molecule has 0 spiro atoms. The number of likely N-dealkylation sites (tertiary alicyclic amines) is 1. The predicted molar refractivity (Wildman–Crippen MR) is 96.9 cm³/mol. The van der Waals surface area contributed by atoms with Crippen molar-refractivity contribution in [2.75, 3.05) is 32.7 Å². The van der Waals surface area contributed by atoms with Gasteiger partial charge < -0.3 is 15.1 Å². The Morgan fingerprint density at radius 3 is 2.81 bits per heavy atom. The summed E-state index contributed by atoms with van der Waals surface area (Å²) in [7, 11) is 0. The Morgan fingerprint density at radius 1 is 1.33 bits per heavy atom. The highest BCUT2D eigenvalue weighted by atomic mass is 35.5. The molecule has 27 heavy (non-hydrogen) atoms. The summed E-state index contributed by atoms with van der Waals surface area (Å²) in [4.78, 5) is 31.9. The van der Waals surface area contributed by atoms with Gasteiger partial charge in [-0.05, 0) is 25.0 Å². The molecule has 1 aromatic rings. The van der Waals surface area contributed by atoms with E-state index in [1.807, 2.05) is 0 Å². The molecular weight excluding hydrogens is 405 g/mol. The van der Waals surface area contributed by atoms with Crippen LogP contribution in [-0.2, 0) is 4.79 Å². The molecule has 6 nitrogen and oxygen atoms in total. The summed E-state index contributed by atoms with van der Waals surface area (Å²) in [6.45, 7) is 2.34. The van der Waals surface area contributed by atoms with Gasteiger partial charge in [-0.15, -0.1) is 12.4 Å². The molecule has 11 heteroatoms. The van der Waals surface area contributed by atoms with Gasteiger partial charge in [0.2, 0.25) is 5.91 Å². The number of nitrogens with zero attached hydrogens (tertiary/aromatic N) is 3. The molecule has 0 saturated carbocycles. The summed E-state index contributed by atoms with van der Waals surface area (Å²) in [6.07, 6.45) is 2.73. The number of aromatic nitrogens is 1. The molecule has 0 aliphatic carbocycles. The van der Waals surface area contributed by atoms with Crippen LogP contribution in [0.15, 0.2) is 23.4 Å². The Bertz CT molecular complexity index is 692. The minimum Gasteiger partial charge on any atom is -0.336 e. The molecule has 1 atom stereocenters. The van der Waals surface area contributed by atoms with Gasteiger partial charge in [0.25, 0.3) is 5.91 Å². The first kappa shape index (κ1) is 21.8. The lowest BCUT2D eigenvalue weighted by Gasteiger charge is -2.41. The van der Waals surface area contributed by atoms with Gasteiger partial charge in [-0.3, -0.25) is 9.59 Å². The first-order valence-electron chi connectivity index (χ1n) is 8.35. The summed E-state index contributed by atoms with van der Waals surface area (Å²) in [5.41, 5.74) is -4.57. The van der Waals surface area contributed by atoms with Crippen molar-refractivity contribution in [3.63, 3.8) is 0 Å². The molecule has 2 aliphatic rings. The largest absolute Gasteiger partial charge is 0.447 e. The number of pyridine rings is 1. The van der Waals surface area contributed by atoms with Gasteiger partial charge in [0.1, 0.15) is 5.03 Å². The molecule has 150 valence electrons. The smallest absolute Gasteiger partial charge is 0.336 e. The zero-order valence-electron chi connectivity index (χ0n) is 14.4. The summed E-state index contributed by atoms with van der Waals surface area (Å²) < 4.78 is 38.2. The molecule has 1 aromatic heterocycles. The Hall–Kier alpha value is -1.52. The third-order valence-electron chi connectivity index (χ3n) is 4.46. The van der Waals surface area contributed by atoms with Crippen LogP contribution in [0.3, 0.4) is 0 Å². The van der Waals surface area contributed by atoms with Crippen LogP contribution < -0.4 is 5.32 Å². The molecule has 0 aromatic carbocycles. The first-order chi connectivity index (χ1) is 12.3. The lowest BCUT2D eigenvalue weighted by atomic mass is 10.0. The number of piperazine rings is 1. The van der Waals surface area contributed by atoms with Gasteiger partial charge >= 0.3 is 5.51 Å². The molecule has 0 bridgehead atoms. The minimum absolute atomic E-state index is 0. The third-order valence-corrected chi connectivity index (χ3v) is 5.21. The van der Waals surface area contributed by atoms with Crippen LogP contribution in [-0.4, -0.2) is 70.9 Å². The predicted octanol–water partition coefficient (Wildman–Crippen LogP) is 2.15. The summed E-state index contributed by atoms with van der Waals surface area (Å²) in [5, 5.41) is 2.66. The number of thioether (sulfide) groups is 1. The van der Waals surface area contributed by atoms with E-state index in [9.17, 15) is 22.8 Å². The van der Waals surface area contributed by atoms with Gasteiger partial charge in [-0.25, -0.2) is 4.98 Å². The molecular formula is C16H20ClF3N4O2S. The van der Waals surface area contributed by atoms with E-state index < -0.39 is 11.4 Å². The van der Waals surface area contributed by atoms with E-state index >= 15 is 0 Å². The van der Waals surface area contributed by atoms with Crippen molar-refractivity contribution in [1.29, 1.82) is 0 Å². The number of rotatable bonds is 3. The minimum atomic E-state index is -4.51. The lowest BCUT2D eigenvalue weighted by molar-refractivity contribution is -0.135. The lowest BCUT2D eigenvalue weighted by Crippen LogP contribution is -2.57. The number of carbonyl (C=O) groups is 2. The molecule has 2 saturated heterocycles. The molecule has 3 rings (SSSR count). The second kappa shape index (κ2) is 9.11. The molecule has 1 N–H and O–H groups in total. The number of amides is 2. The topological polar surface area (TPSA) is 65.5 Å². The standard InChI is InChI=1S/C16H19F3N4O2S.ClH/c17-16(18,19)26-14-12(4-1-5-21-14)15(25)22-7-2-3-11(10-22)23-8-6-20-9-13(23)24;/h1,4-5,11,20H,2-3,6-10H2;1H. The van der Waals surface area contributed by atoms with Crippen molar-refractivity contribution in [3.8, 4) is 0 Å². The van der Waals surface area contributed by atoms with Crippen molar-refractivity contribution in [3.05, 3.63) is 23.9 Å². The second-order valence-electron chi connectivity index (χ2n) is 6.22.